The molecule has 0 aromatic heterocycles. The molecule has 3 nitrogen and oxygen atoms in total. The van der Waals surface area contributed by atoms with Gasteiger partial charge < -0.3 is 5.21 Å². The highest BCUT2D eigenvalue weighted by Crippen LogP contribution is 2.02. The maximum atomic E-state index is 11.4. The smallest absolute Gasteiger partial charge is 0.181 e. The van der Waals surface area contributed by atoms with Crippen LogP contribution in [0.5, 0.6) is 0 Å². The van der Waals surface area contributed by atoms with Gasteiger partial charge in [-0.15, -0.1) is 0 Å². The standard InChI is InChI=1S/C9H11NO2/c1-7(10-12)9(11)8-5-3-2-4-6-8/h2-7,10,12H,1H3/t7-/m0/s1. The molecule has 0 unspecified atom stereocenters. The van der Waals surface area contributed by atoms with Gasteiger partial charge in [0.2, 0.25) is 0 Å². The van der Waals surface area contributed by atoms with Crippen LogP contribution in [-0.2, 0) is 0 Å². The third-order valence-electron chi connectivity index (χ3n) is 1.65. The molecule has 3 heteroatoms. The fourth-order valence-electron chi connectivity index (χ4n) is 0.911. The van der Waals surface area contributed by atoms with E-state index in [4.69, 9.17) is 5.21 Å². The van der Waals surface area contributed by atoms with Crippen molar-refractivity contribution in [3.05, 3.63) is 35.9 Å². The highest BCUT2D eigenvalue weighted by Gasteiger charge is 2.12. The van der Waals surface area contributed by atoms with Gasteiger partial charge in [-0.05, 0) is 6.92 Å². The van der Waals surface area contributed by atoms with E-state index in [1.54, 1.807) is 31.2 Å². The molecule has 0 aliphatic rings. The summed E-state index contributed by atoms with van der Waals surface area (Å²) in [7, 11) is 0. The normalized spacial score (nSPS) is 12.5. The zero-order valence-corrected chi connectivity index (χ0v) is 6.82. The van der Waals surface area contributed by atoms with Crippen LogP contribution in [0.4, 0.5) is 0 Å². The average Bonchev–Trinajstić information content (AvgIpc) is 2.17. The highest BCUT2D eigenvalue weighted by molar-refractivity contribution is 5.99. The van der Waals surface area contributed by atoms with E-state index in [0.717, 1.165) is 0 Å². The van der Waals surface area contributed by atoms with Gasteiger partial charge in [0.25, 0.3) is 0 Å². The molecule has 0 saturated carbocycles. The highest BCUT2D eigenvalue weighted by atomic mass is 16.5. The molecule has 0 aliphatic heterocycles. The van der Waals surface area contributed by atoms with Crippen LogP contribution >= 0.6 is 0 Å². The SMILES string of the molecule is C[C@H](NO)C(=O)c1ccccc1. The number of nitrogens with one attached hydrogen (secondary N) is 1. The van der Waals surface area contributed by atoms with Crippen LogP contribution in [0.15, 0.2) is 30.3 Å². The summed E-state index contributed by atoms with van der Waals surface area (Å²) in [5.41, 5.74) is 2.52. The minimum Gasteiger partial charge on any atom is -0.316 e. The second-order valence-electron chi connectivity index (χ2n) is 2.58. The minimum absolute atomic E-state index is 0.113. The van der Waals surface area contributed by atoms with Gasteiger partial charge in [0.15, 0.2) is 5.78 Å². The van der Waals surface area contributed by atoms with Crippen LogP contribution in [0.2, 0.25) is 0 Å². The van der Waals surface area contributed by atoms with E-state index in [-0.39, 0.29) is 5.78 Å². The van der Waals surface area contributed by atoms with Gasteiger partial charge in [0.05, 0.1) is 6.04 Å². The molecule has 0 fully saturated rings. The Balaban J connectivity index is 2.79. The number of ketones is 1. The molecule has 0 radical (unpaired) electrons. The third kappa shape index (κ3) is 1.90. The number of Topliss-reactive ketones (excluding diaryl/α,β-unsaturated/α-hetero) is 1. The van der Waals surface area contributed by atoms with Crippen LogP contribution < -0.4 is 5.48 Å². The van der Waals surface area contributed by atoms with Crippen molar-refractivity contribution in [3.63, 3.8) is 0 Å². The summed E-state index contributed by atoms with van der Waals surface area (Å²) >= 11 is 0. The monoisotopic (exact) mass is 165 g/mol. The minimum atomic E-state index is -0.549. The van der Waals surface area contributed by atoms with Crippen molar-refractivity contribution >= 4 is 5.78 Å². The average molecular weight is 165 g/mol. The zero-order chi connectivity index (χ0) is 8.97. The zero-order valence-electron chi connectivity index (χ0n) is 6.82. The molecule has 0 spiro atoms. The Labute approximate surface area is 71.0 Å². The first-order valence-corrected chi connectivity index (χ1v) is 3.74. The van der Waals surface area contributed by atoms with Gasteiger partial charge in [-0.25, -0.2) is 0 Å². The van der Waals surface area contributed by atoms with E-state index in [1.807, 2.05) is 11.5 Å². The van der Waals surface area contributed by atoms with Gasteiger partial charge in [0.1, 0.15) is 0 Å². The summed E-state index contributed by atoms with van der Waals surface area (Å²) in [4.78, 5) is 11.4. The first-order chi connectivity index (χ1) is 5.75. The fraction of sp³-hybridized carbons (Fsp3) is 0.222. The van der Waals surface area contributed by atoms with Crippen LogP contribution in [0, 0.1) is 0 Å². The van der Waals surface area contributed by atoms with Crippen molar-refractivity contribution in [2.24, 2.45) is 0 Å². The van der Waals surface area contributed by atoms with E-state index < -0.39 is 6.04 Å². The quantitative estimate of drug-likeness (QED) is 0.523. The van der Waals surface area contributed by atoms with Crippen molar-refractivity contribution in [2.75, 3.05) is 0 Å². The van der Waals surface area contributed by atoms with Crippen molar-refractivity contribution in [1.82, 2.24) is 5.48 Å². The number of hydroxylamine groups is 1. The molecule has 2 N–H and O–H groups in total. The lowest BCUT2D eigenvalue weighted by molar-refractivity contribution is 0.0791. The van der Waals surface area contributed by atoms with Crippen LogP contribution in [-0.4, -0.2) is 17.0 Å². The number of rotatable bonds is 3. The maximum absolute atomic E-state index is 11.4. The molecule has 1 aromatic rings. The third-order valence-corrected chi connectivity index (χ3v) is 1.65. The first kappa shape index (κ1) is 8.90. The van der Waals surface area contributed by atoms with Crippen molar-refractivity contribution in [2.45, 2.75) is 13.0 Å². The lowest BCUT2D eigenvalue weighted by Gasteiger charge is -2.06. The molecule has 0 heterocycles. The summed E-state index contributed by atoms with van der Waals surface area (Å²) < 4.78 is 0. The Morgan fingerprint density at radius 1 is 1.42 bits per heavy atom. The number of hydrogen-bond donors (Lipinski definition) is 2. The Morgan fingerprint density at radius 3 is 2.50 bits per heavy atom. The predicted molar refractivity (Wildman–Crippen MR) is 45.2 cm³/mol. The predicted octanol–water partition coefficient (Wildman–Crippen LogP) is 1.24. The van der Waals surface area contributed by atoms with Gasteiger partial charge in [-0.1, -0.05) is 30.3 Å². The molecular weight excluding hydrogens is 154 g/mol. The lowest BCUT2D eigenvalue weighted by Crippen LogP contribution is -2.31. The summed E-state index contributed by atoms with van der Waals surface area (Å²) in [6.45, 7) is 1.61. The molecule has 0 saturated heterocycles. The Kier molecular flexibility index (Phi) is 2.96. The molecule has 1 aromatic carbocycles. The topological polar surface area (TPSA) is 49.3 Å². The van der Waals surface area contributed by atoms with E-state index in [0.29, 0.717) is 5.56 Å². The Hall–Kier alpha value is -1.19. The summed E-state index contributed by atoms with van der Waals surface area (Å²) in [5, 5.41) is 8.50. The Morgan fingerprint density at radius 2 is 2.00 bits per heavy atom. The Bertz CT molecular complexity index is 258. The van der Waals surface area contributed by atoms with E-state index >= 15 is 0 Å². The molecule has 0 amide bonds. The van der Waals surface area contributed by atoms with Gasteiger partial charge in [0, 0.05) is 5.56 Å². The van der Waals surface area contributed by atoms with Crippen molar-refractivity contribution < 1.29 is 10.0 Å². The lowest BCUT2D eigenvalue weighted by atomic mass is 10.1. The van der Waals surface area contributed by atoms with Crippen LogP contribution in [0.1, 0.15) is 17.3 Å². The second-order valence-corrected chi connectivity index (χ2v) is 2.58. The molecule has 0 bridgehead atoms. The van der Waals surface area contributed by atoms with Crippen molar-refractivity contribution in [3.8, 4) is 0 Å². The van der Waals surface area contributed by atoms with Crippen LogP contribution in [0.25, 0.3) is 0 Å². The molecule has 0 aliphatic carbocycles. The second kappa shape index (κ2) is 3.99. The van der Waals surface area contributed by atoms with E-state index in [1.165, 1.54) is 0 Å². The number of hydrogen-bond acceptors (Lipinski definition) is 3. The molecule has 12 heavy (non-hydrogen) atoms. The number of carbonyl (C=O) groups excluding carboxylic acids is 1. The summed E-state index contributed by atoms with van der Waals surface area (Å²) in [6, 6.07) is 8.31. The van der Waals surface area contributed by atoms with Gasteiger partial charge in [-0.2, -0.15) is 5.48 Å². The fourth-order valence-corrected chi connectivity index (χ4v) is 0.911. The summed E-state index contributed by atoms with van der Waals surface area (Å²) in [5.74, 6) is -0.113. The molecule has 1 rings (SSSR count). The number of carbonyl (C=O) groups is 1. The number of benzene rings is 1. The maximum Gasteiger partial charge on any atom is 0.181 e. The van der Waals surface area contributed by atoms with Gasteiger partial charge in [-0.3, -0.25) is 4.79 Å². The molecule has 1 atom stereocenters. The van der Waals surface area contributed by atoms with Crippen LogP contribution in [0.3, 0.4) is 0 Å². The van der Waals surface area contributed by atoms with Crippen molar-refractivity contribution in [1.29, 1.82) is 0 Å². The molecule has 64 valence electrons. The van der Waals surface area contributed by atoms with Gasteiger partial charge >= 0.3 is 0 Å². The largest absolute Gasteiger partial charge is 0.316 e. The summed E-state index contributed by atoms with van der Waals surface area (Å²) in [6.07, 6.45) is 0. The van der Waals surface area contributed by atoms with E-state index in [2.05, 4.69) is 0 Å². The molecular formula is C9H11NO2. The first-order valence-electron chi connectivity index (χ1n) is 3.74. The van der Waals surface area contributed by atoms with E-state index in [9.17, 15) is 4.79 Å².